The molecule has 0 aliphatic heterocycles. The highest BCUT2D eigenvalue weighted by Gasteiger charge is 2.39. The molecule has 3 heteroatoms. The molecule has 0 saturated heterocycles. The molecule has 84 valence electrons. The molecule has 1 aromatic rings. The van der Waals surface area contributed by atoms with Gasteiger partial charge in [0.2, 0.25) is 0 Å². The summed E-state index contributed by atoms with van der Waals surface area (Å²) in [6, 6.07) is 0. The summed E-state index contributed by atoms with van der Waals surface area (Å²) < 4.78 is 1.98. The van der Waals surface area contributed by atoms with E-state index in [1.807, 2.05) is 10.9 Å². The third-order valence-electron chi connectivity index (χ3n) is 3.55. The van der Waals surface area contributed by atoms with Crippen molar-refractivity contribution < 1.29 is 0 Å². The van der Waals surface area contributed by atoms with E-state index in [1.165, 1.54) is 31.4 Å². The zero-order chi connectivity index (χ0) is 10.7. The fraction of sp³-hybridized carbons (Fsp3) is 0.750. The Morgan fingerprint density at radius 1 is 1.47 bits per heavy atom. The summed E-state index contributed by atoms with van der Waals surface area (Å²) in [6.07, 6.45) is 8.21. The van der Waals surface area contributed by atoms with Crippen LogP contribution < -0.4 is 5.32 Å². The number of nitrogens with one attached hydrogen (secondary N) is 1. The fourth-order valence-electron chi connectivity index (χ4n) is 1.97. The Kier molecular flexibility index (Phi) is 3.10. The number of nitrogens with zero attached hydrogens (tertiary/aromatic N) is 2. The second-order valence-corrected chi connectivity index (χ2v) is 4.66. The van der Waals surface area contributed by atoms with Crippen LogP contribution in [0.1, 0.15) is 38.7 Å². The van der Waals surface area contributed by atoms with Crippen molar-refractivity contribution >= 4 is 0 Å². The first-order valence-corrected chi connectivity index (χ1v) is 6.00. The molecular weight excluding hydrogens is 186 g/mol. The van der Waals surface area contributed by atoms with E-state index in [0.29, 0.717) is 5.41 Å². The number of aromatic nitrogens is 2. The molecule has 1 aromatic heterocycles. The Labute approximate surface area is 91.9 Å². The molecule has 3 nitrogen and oxygen atoms in total. The van der Waals surface area contributed by atoms with E-state index >= 15 is 0 Å². The lowest BCUT2D eigenvalue weighted by Gasteiger charge is -2.12. The van der Waals surface area contributed by atoms with E-state index in [-0.39, 0.29) is 0 Å². The molecule has 1 aliphatic rings. The minimum Gasteiger partial charge on any atom is -0.312 e. The molecule has 0 spiro atoms. The molecule has 0 amide bonds. The van der Waals surface area contributed by atoms with E-state index in [2.05, 4.69) is 30.5 Å². The average molecular weight is 207 g/mol. The van der Waals surface area contributed by atoms with E-state index < -0.39 is 0 Å². The summed E-state index contributed by atoms with van der Waals surface area (Å²) in [5, 5.41) is 7.80. The van der Waals surface area contributed by atoms with E-state index in [9.17, 15) is 0 Å². The maximum Gasteiger partial charge on any atom is 0.0534 e. The number of hydrogen-bond acceptors (Lipinski definition) is 2. The summed E-state index contributed by atoms with van der Waals surface area (Å²) in [5.74, 6) is 0. The van der Waals surface area contributed by atoms with Gasteiger partial charge in [-0.1, -0.05) is 6.92 Å². The third kappa shape index (κ3) is 2.59. The number of hydrogen-bond donors (Lipinski definition) is 1. The first-order valence-electron chi connectivity index (χ1n) is 6.00. The van der Waals surface area contributed by atoms with Crippen LogP contribution in [0.15, 0.2) is 12.4 Å². The van der Waals surface area contributed by atoms with Crippen molar-refractivity contribution in [2.45, 2.75) is 46.2 Å². The first-order chi connectivity index (χ1) is 7.28. The van der Waals surface area contributed by atoms with Gasteiger partial charge < -0.3 is 5.32 Å². The van der Waals surface area contributed by atoms with Crippen LogP contribution in [0.3, 0.4) is 0 Å². The van der Waals surface area contributed by atoms with Gasteiger partial charge >= 0.3 is 0 Å². The smallest absolute Gasteiger partial charge is 0.0534 e. The zero-order valence-corrected chi connectivity index (χ0v) is 9.79. The third-order valence-corrected chi connectivity index (χ3v) is 3.55. The minimum absolute atomic E-state index is 0.640. The van der Waals surface area contributed by atoms with Gasteiger partial charge in [0.05, 0.1) is 6.20 Å². The van der Waals surface area contributed by atoms with Crippen molar-refractivity contribution in [1.29, 1.82) is 0 Å². The molecular formula is C12H21N3. The summed E-state index contributed by atoms with van der Waals surface area (Å²) in [5.41, 5.74) is 1.93. The Bertz CT molecular complexity index is 312. The van der Waals surface area contributed by atoms with Gasteiger partial charge in [0.15, 0.2) is 0 Å². The minimum atomic E-state index is 0.640. The largest absolute Gasteiger partial charge is 0.312 e. The Hall–Kier alpha value is -0.830. The van der Waals surface area contributed by atoms with Crippen LogP contribution in [0.25, 0.3) is 0 Å². The zero-order valence-electron chi connectivity index (χ0n) is 9.79. The lowest BCUT2D eigenvalue weighted by molar-refractivity contribution is 0.443. The quantitative estimate of drug-likeness (QED) is 0.775. The summed E-state index contributed by atoms with van der Waals surface area (Å²) in [4.78, 5) is 0. The summed E-state index contributed by atoms with van der Waals surface area (Å²) in [7, 11) is 0. The molecule has 15 heavy (non-hydrogen) atoms. The van der Waals surface area contributed by atoms with Crippen molar-refractivity contribution in [1.82, 2.24) is 15.1 Å². The highest BCUT2D eigenvalue weighted by atomic mass is 15.3. The molecule has 2 rings (SSSR count). The lowest BCUT2D eigenvalue weighted by atomic mass is 10.0. The lowest BCUT2D eigenvalue weighted by Crippen LogP contribution is -2.22. The maximum absolute atomic E-state index is 4.26. The number of rotatable bonds is 6. The monoisotopic (exact) mass is 207 g/mol. The van der Waals surface area contributed by atoms with Gasteiger partial charge in [-0.05, 0) is 31.6 Å². The first kappa shape index (κ1) is 10.7. The maximum atomic E-state index is 4.26. The molecule has 0 unspecified atom stereocenters. The van der Waals surface area contributed by atoms with Crippen LogP contribution in [0.5, 0.6) is 0 Å². The number of aryl methyl sites for hydroxylation is 1. The topological polar surface area (TPSA) is 29.9 Å². The van der Waals surface area contributed by atoms with Gasteiger partial charge in [0.25, 0.3) is 0 Å². The molecule has 0 atom stereocenters. The van der Waals surface area contributed by atoms with Crippen LogP contribution in [0, 0.1) is 5.41 Å². The van der Waals surface area contributed by atoms with Crippen molar-refractivity contribution in [2.24, 2.45) is 5.41 Å². The molecule has 0 aromatic carbocycles. The van der Waals surface area contributed by atoms with Gasteiger partial charge in [-0.2, -0.15) is 5.10 Å². The van der Waals surface area contributed by atoms with Gasteiger partial charge in [0, 0.05) is 31.4 Å². The van der Waals surface area contributed by atoms with Gasteiger partial charge in [-0.3, -0.25) is 4.68 Å². The summed E-state index contributed by atoms with van der Waals surface area (Å²) in [6.45, 7) is 7.49. The van der Waals surface area contributed by atoms with E-state index in [1.54, 1.807) is 0 Å². The molecule has 1 N–H and O–H groups in total. The standard InChI is InChI=1S/C12H21N3/c1-3-12(5-6-12)10-13-7-11-8-14-15(4-2)9-11/h8-9,13H,3-7,10H2,1-2H3. The van der Waals surface area contributed by atoms with E-state index in [0.717, 1.165) is 13.1 Å². The van der Waals surface area contributed by atoms with Crippen LogP contribution in [0.4, 0.5) is 0 Å². The van der Waals surface area contributed by atoms with Gasteiger partial charge in [-0.25, -0.2) is 0 Å². The van der Waals surface area contributed by atoms with Crippen molar-refractivity contribution in [3.63, 3.8) is 0 Å². The van der Waals surface area contributed by atoms with Crippen molar-refractivity contribution in [2.75, 3.05) is 6.54 Å². The molecule has 1 fully saturated rings. The Balaban J connectivity index is 1.73. The molecule has 1 heterocycles. The van der Waals surface area contributed by atoms with Gasteiger partial charge in [-0.15, -0.1) is 0 Å². The highest BCUT2D eigenvalue weighted by Crippen LogP contribution is 2.47. The normalized spacial score (nSPS) is 18.0. The SMILES string of the molecule is CCn1cc(CNCC2(CC)CC2)cn1. The van der Waals surface area contributed by atoms with Gasteiger partial charge in [0.1, 0.15) is 0 Å². The summed E-state index contributed by atoms with van der Waals surface area (Å²) >= 11 is 0. The predicted molar refractivity (Wildman–Crippen MR) is 61.6 cm³/mol. The van der Waals surface area contributed by atoms with Crippen LogP contribution in [0.2, 0.25) is 0 Å². The predicted octanol–water partition coefficient (Wildman–Crippen LogP) is 2.18. The Morgan fingerprint density at radius 2 is 2.27 bits per heavy atom. The highest BCUT2D eigenvalue weighted by molar-refractivity contribution is 5.04. The van der Waals surface area contributed by atoms with Crippen LogP contribution in [-0.2, 0) is 13.1 Å². The average Bonchev–Trinajstić information content (AvgIpc) is 2.89. The fourth-order valence-corrected chi connectivity index (χ4v) is 1.97. The van der Waals surface area contributed by atoms with Crippen LogP contribution in [-0.4, -0.2) is 16.3 Å². The second kappa shape index (κ2) is 4.35. The van der Waals surface area contributed by atoms with E-state index in [4.69, 9.17) is 0 Å². The molecule has 1 saturated carbocycles. The molecule has 0 radical (unpaired) electrons. The van der Waals surface area contributed by atoms with Crippen molar-refractivity contribution in [3.8, 4) is 0 Å². The van der Waals surface area contributed by atoms with Crippen molar-refractivity contribution in [3.05, 3.63) is 18.0 Å². The second-order valence-electron chi connectivity index (χ2n) is 4.66. The Morgan fingerprint density at radius 3 is 2.80 bits per heavy atom. The molecule has 1 aliphatic carbocycles. The van der Waals surface area contributed by atoms with Crippen LogP contribution >= 0.6 is 0 Å². The molecule has 0 bridgehead atoms.